The van der Waals surface area contributed by atoms with Gasteiger partial charge in [-0.05, 0) is 57.7 Å². The zero-order chi connectivity index (χ0) is 21.4. The number of amides is 4. The van der Waals surface area contributed by atoms with E-state index in [0.29, 0.717) is 43.7 Å². The predicted molar refractivity (Wildman–Crippen MR) is 108 cm³/mol. The van der Waals surface area contributed by atoms with Crippen molar-refractivity contribution in [2.24, 2.45) is 0 Å². The van der Waals surface area contributed by atoms with Gasteiger partial charge in [-0.3, -0.25) is 24.1 Å². The van der Waals surface area contributed by atoms with Crippen molar-refractivity contribution in [1.29, 1.82) is 0 Å². The molecule has 2 fully saturated rings. The van der Waals surface area contributed by atoms with Crippen LogP contribution in [-0.2, 0) is 9.53 Å². The van der Waals surface area contributed by atoms with E-state index in [1.807, 2.05) is 4.90 Å². The van der Waals surface area contributed by atoms with Gasteiger partial charge in [-0.25, -0.2) is 0 Å². The van der Waals surface area contributed by atoms with Gasteiger partial charge in [-0.1, -0.05) is 0 Å². The third-order valence-electron chi connectivity index (χ3n) is 6.04. The minimum absolute atomic E-state index is 0.0382. The van der Waals surface area contributed by atoms with Gasteiger partial charge in [0, 0.05) is 37.3 Å². The summed E-state index contributed by atoms with van der Waals surface area (Å²) in [7, 11) is 0. The van der Waals surface area contributed by atoms with Crippen molar-refractivity contribution in [3.63, 3.8) is 0 Å². The van der Waals surface area contributed by atoms with Gasteiger partial charge in [0.2, 0.25) is 0 Å². The van der Waals surface area contributed by atoms with Crippen LogP contribution in [-0.4, -0.2) is 71.3 Å². The van der Waals surface area contributed by atoms with Gasteiger partial charge in [0.1, 0.15) is 6.10 Å². The van der Waals surface area contributed by atoms with E-state index in [9.17, 15) is 19.2 Å². The van der Waals surface area contributed by atoms with Crippen molar-refractivity contribution in [2.75, 3.05) is 19.7 Å². The van der Waals surface area contributed by atoms with Gasteiger partial charge in [-0.15, -0.1) is 0 Å². The maximum atomic E-state index is 12.7. The molecule has 8 nitrogen and oxygen atoms in total. The lowest BCUT2D eigenvalue weighted by atomic mass is 10.0. The molecule has 0 saturated carbocycles. The number of hydrogen-bond donors (Lipinski definition) is 1. The van der Waals surface area contributed by atoms with Gasteiger partial charge in [-0.2, -0.15) is 0 Å². The minimum Gasteiger partial charge on any atom is -0.368 e. The van der Waals surface area contributed by atoms with Crippen molar-refractivity contribution >= 4 is 23.6 Å². The molecule has 3 aliphatic rings. The average Bonchev–Trinajstić information content (AvgIpc) is 3.35. The third-order valence-corrected chi connectivity index (χ3v) is 6.04. The molecule has 1 N–H and O–H groups in total. The molecule has 8 heteroatoms. The van der Waals surface area contributed by atoms with Gasteiger partial charge >= 0.3 is 0 Å². The lowest BCUT2D eigenvalue weighted by Gasteiger charge is -2.33. The maximum Gasteiger partial charge on any atom is 0.261 e. The molecule has 3 aliphatic heterocycles. The quantitative estimate of drug-likeness (QED) is 0.757. The Balaban J connectivity index is 1.36. The summed E-state index contributed by atoms with van der Waals surface area (Å²) in [5.41, 5.74) is 0.975. The molecule has 4 amide bonds. The van der Waals surface area contributed by atoms with E-state index in [4.69, 9.17) is 4.74 Å². The van der Waals surface area contributed by atoms with Crippen LogP contribution in [0, 0.1) is 0 Å². The monoisotopic (exact) mass is 413 g/mol. The number of imide groups is 1. The van der Waals surface area contributed by atoms with Gasteiger partial charge in [0.15, 0.2) is 0 Å². The maximum absolute atomic E-state index is 12.7. The Kier molecular flexibility index (Phi) is 5.60. The molecular formula is C22H27N3O5. The number of ether oxygens (including phenoxy) is 1. The van der Waals surface area contributed by atoms with Crippen LogP contribution in [0.25, 0.3) is 0 Å². The first-order valence-corrected chi connectivity index (χ1v) is 10.6. The Bertz CT molecular complexity index is 883. The smallest absolute Gasteiger partial charge is 0.261 e. The predicted octanol–water partition coefficient (Wildman–Crippen LogP) is 1.59. The molecule has 0 aromatic heterocycles. The number of carbonyl (C=O) groups excluding carboxylic acids is 4. The molecule has 0 aliphatic carbocycles. The second kappa shape index (κ2) is 8.18. The summed E-state index contributed by atoms with van der Waals surface area (Å²) in [6.45, 7) is 5.39. The Morgan fingerprint density at radius 3 is 2.40 bits per heavy atom. The molecule has 2 saturated heterocycles. The van der Waals surface area contributed by atoms with Crippen molar-refractivity contribution in [1.82, 2.24) is 15.1 Å². The van der Waals surface area contributed by atoms with E-state index in [1.54, 1.807) is 26.0 Å². The van der Waals surface area contributed by atoms with Crippen LogP contribution in [0.1, 0.15) is 70.6 Å². The first kappa shape index (κ1) is 20.5. The van der Waals surface area contributed by atoms with Crippen molar-refractivity contribution in [3.8, 4) is 0 Å². The van der Waals surface area contributed by atoms with Crippen LogP contribution in [0.4, 0.5) is 0 Å². The van der Waals surface area contributed by atoms with E-state index in [-0.39, 0.29) is 47.4 Å². The highest BCUT2D eigenvalue weighted by Gasteiger charge is 2.37. The highest BCUT2D eigenvalue weighted by molar-refractivity contribution is 6.22. The number of piperidine rings is 1. The van der Waals surface area contributed by atoms with Crippen LogP contribution < -0.4 is 5.32 Å². The second-order valence-electron chi connectivity index (χ2n) is 8.41. The third kappa shape index (κ3) is 3.71. The lowest BCUT2D eigenvalue weighted by Crippen LogP contribution is -2.49. The highest BCUT2D eigenvalue weighted by atomic mass is 16.5. The van der Waals surface area contributed by atoms with E-state index >= 15 is 0 Å². The molecule has 4 rings (SSSR count). The summed E-state index contributed by atoms with van der Waals surface area (Å²) < 4.78 is 5.48. The molecule has 3 heterocycles. The minimum atomic E-state index is -0.361. The van der Waals surface area contributed by atoms with Gasteiger partial charge in [0.05, 0.1) is 11.1 Å². The Hall–Kier alpha value is -2.74. The average molecular weight is 413 g/mol. The zero-order valence-corrected chi connectivity index (χ0v) is 17.3. The largest absolute Gasteiger partial charge is 0.368 e. The topological polar surface area (TPSA) is 96.0 Å². The highest BCUT2D eigenvalue weighted by Crippen LogP contribution is 2.26. The summed E-state index contributed by atoms with van der Waals surface area (Å²) >= 11 is 0. The molecule has 0 bridgehead atoms. The SMILES string of the molecule is CC(C)N1C(=O)c2ccc(C(=O)NC3CCN(C(=O)C4CCCO4)CC3)cc2C1=O. The molecule has 1 aromatic rings. The molecule has 30 heavy (non-hydrogen) atoms. The van der Waals surface area contributed by atoms with Gasteiger partial charge in [0.25, 0.3) is 23.6 Å². The zero-order valence-electron chi connectivity index (χ0n) is 17.3. The summed E-state index contributed by atoms with van der Waals surface area (Å²) in [4.78, 5) is 53.1. The fourth-order valence-corrected chi connectivity index (χ4v) is 4.36. The summed E-state index contributed by atoms with van der Waals surface area (Å²) in [5, 5.41) is 3.00. The fraction of sp³-hybridized carbons (Fsp3) is 0.545. The van der Waals surface area contributed by atoms with Crippen molar-refractivity contribution < 1.29 is 23.9 Å². The number of rotatable bonds is 4. The van der Waals surface area contributed by atoms with Gasteiger partial charge < -0.3 is 15.0 Å². The van der Waals surface area contributed by atoms with Crippen LogP contribution in [0.2, 0.25) is 0 Å². The molecule has 1 unspecified atom stereocenters. The molecule has 0 spiro atoms. The molecule has 1 aromatic carbocycles. The standard InChI is InChI=1S/C22H27N3O5/c1-13(2)25-20(27)16-6-5-14(12-17(16)21(25)28)19(26)23-15-7-9-24(10-8-15)22(29)18-4-3-11-30-18/h5-6,12-13,15,18H,3-4,7-11H2,1-2H3,(H,23,26). The second-order valence-corrected chi connectivity index (χ2v) is 8.41. The van der Waals surface area contributed by atoms with Crippen LogP contribution in [0.5, 0.6) is 0 Å². The number of fused-ring (bicyclic) bond motifs is 1. The number of carbonyl (C=O) groups is 4. The summed E-state index contributed by atoms with van der Waals surface area (Å²) in [6, 6.07) is 4.36. The molecule has 1 atom stereocenters. The number of nitrogens with zero attached hydrogens (tertiary/aromatic N) is 2. The summed E-state index contributed by atoms with van der Waals surface area (Å²) in [5.74, 6) is -0.903. The fourth-order valence-electron chi connectivity index (χ4n) is 4.36. The first-order chi connectivity index (χ1) is 14.4. The van der Waals surface area contributed by atoms with Crippen LogP contribution in [0.3, 0.4) is 0 Å². The molecule has 0 radical (unpaired) electrons. The summed E-state index contributed by atoms with van der Waals surface area (Å²) in [6.07, 6.45) is 2.74. The van der Waals surface area contributed by atoms with E-state index in [0.717, 1.165) is 12.8 Å². The van der Waals surface area contributed by atoms with Crippen LogP contribution >= 0.6 is 0 Å². The molecule has 160 valence electrons. The number of nitrogens with one attached hydrogen (secondary N) is 1. The Morgan fingerprint density at radius 1 is 1.07 bits per heavy atom. The number of likely N-dealkylation sites (tertiary alicyclic amines) is 1. The Morgan fingerprint density at radius 2 is 1.77 bits per heavy atom. The van der Waals surface area contributed by atoms with E-state index in [2.05, 4.69) is 5.32 Å². The van der Waals surface area contributed by atoms with Crippen molar-refractivity contribution in [3.05, 3.63) is 34.9 Å². The lowest BCUT2D eigenvalue weighted by molar-refractivity contribution is -0.142. The normalized spacial score (nSPS) is 22.0. The number of benzene rings is 1. The van der Waals surface area contributed by atoms with Crippen molar-refractivity contribution in [2.45, 2.75) is 57.7 Å². The first-order valence-electron chi connectivity index (χ1n) is 10.6. The van der Waals surface area contributed by atoms with E-state index in [1.165, 1.54) is 11.0 Å². The van der Waals surface area contributed by atoms with E-state index < -0.39 is 0 Å². The van der Waals surface area contributed by atoms with Crippen LogP contribution in [0.15, 0.2) is 18.2 Å². The molecular weight excluding hydrogens is 386 g/mol. The number of hydrogen-bond acceptors (Lipinski definition) is 5. The Labute approximate surface area is 175 Å².